The molecule has 1 saturated heterocycles. The number of nitrogens with one attached hydrogen (secondary N) is 1. The van der Waals surface area contributed by atoms with Crippen molar-refractivity contribution >= 4 is 11.7 Å². The van der Waals surface area contributed by atoms with Gasteiger partial charge >= 0.3 is 0 Å². The van der Waals surface area contributed by atoms with Crippen LogP contribution in [0.15, 0.2) is 42.6 Å². The number of morpholine rings is 1. The SMILES string of the molecule is O=C(Cc1cccc(F)c1)NCc1cccnc1N1CCOCC1. The second-order valence-corrected chi connectivity index (χ2v) is 5.67. The van der Waals surface area contributed by atoms with Crippen LogP contribution < -0.4 is 10.2 Å². The average molecular weight is 329 g/mol. The maximum atomic E-state index is 13.2. The van der Waals surface area contributed by atoms with Crippen molar-refractivity contribution in [3.63, 3.8) is 0 Å². The van der Waals surface area contributed by atoms with Gasteiger partial charge in [-0.25, -0.2) is 9.37 Å². The summed E-state index contributed by atoms with van der Waals surface area (Å²) >= 11 is 0. The van der Waals surface area contributed by atoms with Gasteiger partial charge in [0, 0.05) is 31.4 Å². The van der Waals surface area contributed by atoms with E-state index in [9.17, 15) is 9.18 Å². The van der Waals surface area contributed by atoms with Gasteiger partial charge in [-0.2, -0.15) is 0 Å². The number of amides is 1. The maximum absolute atomic E-state index is 13.2. The summed E-state index contributed by atoms with van der Waals surface area (Å²) in [5.41, 5.74) is 1.62. The number of nitrogens with zero attached hydrogens (tertiary/aromatic N) is 2. The van der Waals surface area contributed by atoms with Gasteiger partial charge in [0.25, 0.3) is 0 Å². The first-order chi connectivity index (χ1) is 11.7. The van der Waals surface area contributed by atoms with E-state index in [0.717, 1.165) is 24.5 Å². The van der Waals surface area contributed by atoms with Crippen molar-refractivity contribution in [1.82, 2.24) is 10.3 Å². The highest BCUT2D eigenvalue weighted by Gasteiger charge is 2.16. The van der Waals surface area contributed by atoms with Gasteiger partial charge in [-0.05, 0) is 23.8 Å². The van der Waals surface area contributed by atoms with Gasteiger partial charge in [0.2, 0.25) is 5.91 Å². The van der Waals surface area contributed by atoms with Crippen molar-refractivity contribution in [2.45, 2.75) is 13.0 Å². The van der Waals surface area contributed by atoms with Gasteiger partial charge in [-0.3, -0.25) is 4.79 Å². The molecule has 2 aromatic rings. The second kappa shape index (κ2) is 7.88. The van der Waals surface area contributed by atoms with Crippen LogP contribution in [-0.4, -0.2) is 37.2 Å². The Bertz CT molecular complexity index is 702. The molecule has 6 heteroatoms. The molecule has 5 nitrogen and oxygen atoms in total. The number of pyridine rings is 1. The van der Waals surface area contributed by atoms with Crippen LogP contribution in [0.25, 0.3) is 0 Å². The van der Waals surface area contributed by atoms with Gasteiger partial charge in [-0.15, -0.1) is 0 Å². The summed E-state index contributed by atoms with van der Waals surface area (Å²) in [6, 6.07) is 9.91. The maximum Gasteiger partial charge on any atom is 0.224 e. The molecule has 1 aromatic heterocycles. The van der Waals surface area contributed by atoms with Crippen molar-refractivity contribution in [2.75, 3.05) is 31.2 Å². The minimum Gasteiger partial charge on any atom is -0.378 e. The van der Waals surface area contributed by atoms with Gasteiger partial charge in [-0.1, -0.05) is 18.2 Å². The largest absolute Gasteiger partial charge is 0.378 e. The van der Waals surface area contributed by atoms with Gasteiger partial charge in [0.1, 0.15) is 11.6 Å². The molecule has 1 fully saturated rings. The fraction of sp³-hybridized carbons (Fsp3) is 0.333. The molecule has 3 rings (SSSR count). The molecule has 0 radical (unpaired) electrons. The van der Waals surface area contributed by atoms with Crippen LogP contribution in [0.2, 0.25) is 0 Å². The van der Waals surface area contributed by atoms with Crippen LogP contribution in [0, 0.1) is 5.82 Å². The molecule has 2 heterocycles. The van der Waals surface area contributed by atoms with E-state index in [1.807, 2.05) is 12.1 Å². The highest BCUT2D eigenvalue weighted by atomic mass is 19.1. The molecular weight excluding hydrogens is 309 g/mol. The van der Waals surface area contributed by atoms with E-state index >= 15 is 0 Å². The number of hydrogen-bond donors (Lipinski definition) is 1. The number of halogens is 1. The number of carbonyl (C=O) groups is 1. The third kappa shape index (κ3) is 4.29. The quantitative estimate of drug-likeness (QED) is 0.910. The van der Waals surface area contributed by atoms with Crippen LogP contribution in [0.1, 0.15) is 11.1 Å². The van der Waals surface area contributed by atoms with E-state index < -0.39 is 0 Å². The lowest BCUT2D eigenvalue weighted by Crippen LogP contribution is -2.38. The summed E-state index contributed by atoms with van der Waals surface area (Å²) < 4.78 is 18.5. The number of hydrogen-bond acceptors (Lipinski definition) is 4. The van der Waals surface area contributed by atoms with E-state index in [0.29, 0.717) is 25.3 Å². The Morgan fingerprint density at radius 1 is 1.25 bits per heavy atom. The van der Waals surface area contributed by atoms with E-state index in [-0.39, 0.29) is 18.1 Å². The fourth-order valence-corrected chi connectivity index (χ4v) is 2.72. The highest BCUT2D eigenvalue weighted by molar-refractivity contribution is 5.78. The zero-order valence-corrected chi connectivity index (χ0v) is 13.4. The predicted molar refractivity (Wildman–Crippen MR) is 89.2 cm³/mol. The first-order valence-electron chi connectivity index (χ1n) is 8.00. The summed E-state index contributed by atoms with van der Waals surface area (Å²) in [7, 11) is 0. The van der Waals surface area contributed by atoms with Crippen molar-refractivity contribution in [3.05, 3.63) is 59.5 Å². The summed E-state index contributed by atoms with van der Waals surface area (Å²) in [5, 5.41) is 2.89. The molecule has 0 atom stereocenters. The number of carbonyl (C=O) groups excluding carboxylic acids is 1. The van der Waals surface area contributed by atoms with Crippen molar-refractivity contribution in [1.29, 1.82) is 0 Å². The number of benzene rings is 1. The predicted octanol–water partition coefficient (Wildman–Crippen LogP) is 1.92. The lowest BCUT2D eigenvalue weighted by atomic mass is 10.1. The number of aromatic nitrogens is 1. The van der Waals surface area contributed by atoms with Crippen LogP contribution in [0.4, 0.5) is 10.2 Å². The van der Waals surface area contributed by atoms with Crippen LogP contribution in [0.5, 0.6) is 0 Å². The molecule has 1 amide bonds. The Labute approximate surface area is 140 Å². The van der Waals surface area contributed by atoms with E-state index in [1.165, 1.54) is 12.1 Å². The molecule has 1 N–H and O–H groups in total. The normalized spacial score (nSPS) is 14.5. The first kappa shape index (κ1) is 16.4. The molecule has 1 aromatic carbocycles. The molecule has 0 saturated carbocycles. The second-order valence-electron chi connectivity index (χ2n) is 5.67. The van der Waals surface area contributed by atoms with Crippen molar-refractivity contribution < 1.29 is 13.9 Å². The Hall–Kier alpha value is -2.47. The molecule has 24 heavy (non-hydrogen) atoms. The summed E-state index contributed by atoms with van der Waals surface area (Å²) in [6.07, 6.45) is 1.91. The van der Waals surface area contributed by atoms with Gasteiger partial charge in [0.15, 0.2) is 0 Å². The molecule has 1 aliphatic rings. The molecule has 1 aliphatic heterocycles. The average Bonchev–Trinajstić information content (AvgIpc) is 2.61. The summed E-state index contributed by atoms with van der Waals surface area (Å²) in [5.74, 6) is 0.409. The molecule has 126 valence electrons. The van der Waals surface area contributed by atoms with E-state index in [2.05, 4.69) is 15.2 Å². The Morgan fingerprint density at radius 3 is 2.88 bits per heavy atom. The Balaban J connectivity index is 1.61. The number of anilines is 1. The zero-order valence-electron chi connectivity index (χ0n) is 13.4. The molecule has 0 spiro atoms. The standard InChI is InChI=1S/C18H20FN3O2/c19-16-5-1-3-14(11-16)12-17(23)21-13-15-4-2-6-20-18(15)22-7-9-24-10-8-22/h1-6,11H,7-10,12-13H2,(H,21,23). The third-order valence-electron chi connectivity index (χ3n) is 3.91. The lowest BCUT2D eigenvalue weighted by Gasteiger charge is -2.29. The van der Waals surface area contributed by atoms with Crippen molar-refractivity contribution in [2.24, 2.45) is 0 Å². The number of rotatable bonds is 5. The molecule has 0 bridgehead atoms. The third-order valence-corrected chi connectivity index (χ3v) is 3.91. The van der Waals surface area contributed by atoms with Crippen LogP contribution in [0.3, 0.4) is 0 Å². The van der Waals surface area contributed by atoms with Crippen LogP contribution >= 0.6 is 0 Å². The molecule has 0 aliphatic carbocycles. The van der Waals surface area contributed by atoms with Crippen molar-refractivity contribution in [3.8, 4) is 0 Å². The Morgan fingerprint density at radius 2 is 2.08 bits per heavy atom. The fourth-order valence-electron chi connectivity index (χ4n) is 2.72. The number of ether oxygens (including phenoxy) is 1. The van der Waals surface area contributed by atoms with E-state index in [4.69, 9.17) is 4.74 Å². The van der Waals surface area contributed by atoms with Crippen LogP contribution in [-0.2, 0) is 22.5 Å². The van der Waals surface area contributed by atoms with E-state index in [1.54, 1.807) is 18.3 Å². The minimum atomic E-state index is -0.331. The first-order valence-corrected chi connectivity index (χ1v) is 8.00. The molecular formula is C18H20FN3O2. The molecule has 0 unspecified atom stereocenters. The summed E-state index contributed by atoms with van der Waals surface area (Å²) in [6.45, 7) is 3.35. The highest BCUT2D eigenvalue weighted by Crippen LogP contribution is 2.18. The smallest absolute Gasteiger partial charge is 0.224 e. The lowest BCUT2D eigenvalue weighted by molar-refractivity contribution is -0.120. The Kier molecular flexibility index (Phi) is 5.38. The minimum absolute atomic E-state index is 0.141. The zero-order chi connectivity index (χ0) is 16.8. The summed E-state index contributed by atoms with van der Waals surface area (Å²) in [4.78, 5) is 18.7. The monoisotopic (exact) mass is 329 g/mol. The topological polar surface area (TPSA) is 54.5 Å². The van der Waals surface area contributed by atoms with Gasteiger partial charge < -0.3 is 15.0 Å². The van der Waals surface area contributed by atoms with Gasteiger partial charge in [0.05, 0.1) is 19.6 Å².